The normalized spacial score (nSPS) is 12.8. The number of nitrogens with zero attached hydrogens (tertiary/aromatic N) is 2. The molecule has 1 aliphatic heterocycles. The number of rotatable bonds is 4. The summed E-state index contributed by atoms with van der Waals surface area (Å²) in [4.78, 5) is 4.64. The van der Waals surface area contributed by atoms with Crippen LogP contribution in [0.2, 0.25) is 0 Å². The molecule has 0 spiro atoms. The highest BCUT2D eigenvalue weighted by Gasteiger charge is 2.15. The second kappa shape index (κ2) is 7.03. The number of fused-ring (bicyclic) bond motifs is 1. The molecule has 0 saturated heterocycles. The minimum atomic E-state index is 0.249. The Morgan fingerprint density at radius 2 is 2.00 bits per heavy atom. The molecule has 0 atom stereocenters. The number of hydrogen-bond acceptors (Lipinski definition) is 5. The van der Waals surface area contributed by atoms with Crippen molar-refractivity contribution >= 4 is 23.0 Å². The largest absolute Gasteiger partial charge is 0.454 e. The number of aromatic nitrogens is 1. The van der Waals surface area contributed by atoms with Gasteiger partial charge in [0.25, 0.3) is 0 Å². The fraction of sp³-hybridized carbons (Fsp3) is 0.143. The molecule has 0 fully saturated rings. The van der Waals surface area contributed by atoms with Gasteiger partial charge in [-0.05, 0) is 41.8 Å². The highest BCUT2D eigenvalue weighted by atomic mass is 32.1. The lowest BCUT2D eigenvalue weighted by molar-refractivity contribution is 0.174. The molecule has 2 heterocycles. The molecule has 0 aliphatic carbocycles. The van der Waals surface area contributed by atoms with Crippen molar-refractivity contribution < 1.29 is 9.47 Å². The average molecular weight is 360 g/mol. The van der Waals surface area contributed by atoms with Crippen molar-refractivity contribution in [2.24, 2.45) is 0 Å². The van der Waals surface area contributed by atoms with E-state index in [1.807, 2.05) is 41.8 Å². The van der Waals surface area contributed by atoms with Gasteiger partial charge in [-0.25, -0.2) is 4.98 Å². The molecule has 1 aromatic heterocycles. The molecule has 2 aromatic carbocycles. The Hall–Kier alpha value is -3.10. The van der Waals surface area contributed by atoms with Gasteiger partial charge in [0.05, 0.1) is 11.3 Å². The van der Waals surface area contributed by atoms with Crippen LogP contribution >= 0.6 is 11.3 Å². The van der Waals surface area contributed by atoms with Crippen molar-refractivity contribution in [2.45, 2.75) is 13.3 Å². The minimum absolute atomic E-state index is 0.249. The Kier molecular flexibility index (Phi) is 4.42. The summed E-state index contributed by atoms with van der Waals surface area (Å²) < 4.78 is 10.8. The molecule has 0 N–H and O–H groups in total. The van der Waals surface area contributed by atoms with Crippen LogP contribution in [0.15, 0.2) is 47.8 Å². The minimum Gasteiger partial charge on any atom is -0.454 e. The number of hydrogen-bond donors (Lipinski definition) is 0. The van der Waals surface area contributed by atoms with Crippen molar-refractivity contribution in [3.05, 3.63) is 64.0 Å². The molecule has 4 rings (SSSR count). The Morgan fingerprint density at radius 3 is 2.77 bits per heavy atom. The molecular formula is C21H16N2O2S. The Morgan fingerprint density at radius 1 is 1.19 bits per heavy atom. The summed E-state index contributed by atoms with van der Waals surface area (Å²) in [5.74, 6) is 1.47. The Bertz CT molecular complexity index is 1010. The van der Waals surface area contributed by atoms with Crippen molar-refractivity contribution in [2.75, 3.05) is 6.79 Å². The maximum absolute atomic E-state index is 9.56. The van der Waals surface area contributed by atoms with Gasteiger partial charge < -0.3 is 9.47 Å². The number of benzene rings is 2. The van der Waals surface area contributed by atoms with Crippen LogP contribution < -0.4 is 9.47 Å². The van der Waals surface area contributed by atoms with Gasteiger partial charge in [-0.1, -0.05) is 31.2 Å². The van der Waals surface area contributed by atoms with Gasteiger partial charge in [-0.3, -0.25) is 0 Å². The summed E-state index contributed by atoms with van der Waals surface area (Å²) in [5.41, 5.74) is 4.61. The zero-order chi connectivity index (χ0) is 17.9. The topological polar surface area (TPSA) is 55.1 Å². The van der Waals surface area contributed by atoms with Crippen LogP contribution in [-0.2, 0) is 6.42 Å². The van der Waals surface area contributed by atoms with Crippen LogP contribution in [0.3, 0.4) is 0 Å². The van der Waals surface area contributed by atoms with E-state index in [0.717, 1.165) is 34.7 Å². The summed E-state index contributed by atoms with van der Waals surface area (Å²) >= 11 is 1.46. The second-order valence-electron chi connectivity index (χ2n) is 5.87. The summed E-state index contributed by atoms with van der Waals surface area (Å²) in [6, 6.07) is 16.2. The van der Waals surface area contributed by atoms with E-state index in [9.17, 15) is 5.26 Å². The second-order valence-corrected chi connectivity index (χ2v) is 6.73. The SMILES string of the molecule is CCc1ccc(/C=C(\C#N)c2nc(-c3ccc4c(c3)OCO4)cs2)cc1. The quantitative estimate of drug-likeness (QED) is 0.603. The first-order valence-electron chi connectivity index (χ1n) is 8.33. The number of allylic oxidation sites excluding steroid dienone is 1. The van der Waals surface area contributed by atoms with E-state index in [0.29, 0.717) is 10.6 Å². The van der Waals surface area contributed by atoms with Crippen LogP contribution in [0.4, 0.5) is 0 Å². The molecule has 0 amide bonds. The maximum Gasteiger partial charge on any atom is 0.231 e. The molecule has 0 saturated carbocycles. The fourth-order valence-corrected chi connectivity index (χ4v) is 3.54. The van der Waals surface area contributed by atoms with E-state index < -0.39 is 0 Å². The van der Waals surface area contributed by atoms with E-state index in [4.69, 9.17) is 9.47 Å². The number of ether oxygens (including phenoxy) is 2. The molecule has 128 valence electrons. The molecule has 26 heavy (non-hydrogen) atoms. The Labute approximate surface area is 156 Å². The van der Waals surface area contributed by atoms with Gasteiger partial charge in [0.1, 0.15) is 11.1 Å². The molecule has 0 radical (unpaired) electrons. The molecule has 3 aromatic rings. The fourth-order valence-electron chi connectivity index (χ4n) is 2.74. The van der Waals surface area contributed by atoms with Gasteiger partial charge in [0.15, 0.2) is 11.5 Å². The Balaban J connectivity index is 1.63. The summed E-state index contributed by atoms with van der Waals surface area (Å²) in [7, 11) is 0. The highest BCUT2D eigenvalue weighted by molar-refractivity contribution is 7.11. The molecule has 0 unspecified atom stereocenters. The number of thiazole rings is 1. The molecule has 4 nitrogen and oxygen atoms in total. The smallest absolute Gasteiger partial charge is 0.231 e. The first-order valence-corrected chi connectivity index (χ1v) is 9.21. The van der Waals surface area contributed by atoms with Crippen molar-refractivity contribution in [3.8, 4) is 28.8 Å². The van der Waals surface area contributed by atoms with Gasteiger partial charge in [-0.2, -0.15) is 5.26 Å². The predicted octanol–water partition coefficient (Wildman–Crippen LogP) is 5.17. The zero-order valence-corrected chi connectivity index (χ0v) is 15.0. The van der Waals surface area contributed by atoms with Crippen LogP contribution in [-0.4, -0.2) is 11.8 Å². The van der Waals surface area contributed by atoms with Crippen molar-refractivity contribution in [1.29, 1.82) is 5.26 Å². The lowest BCUT2D eigenvalue weighted by atomic mass is 10.1. The van der Waals surface area contributed by atoms with E-state index in [1.54, 1.807) is 0 Å². The van der Waals surface area contributed by atoms with Crippen molar-refractivity contribution in [1.82, 2.24) is 4.98 Å². The van der Waals surface area contributed by atoms with E-state index in [-0.39, 0.29) is 6.79 Å². The zero-order valence-electron chi connectivity index (χ0n) is 14.2. The summed E-state index contributed by atoms with van der Waals surface area (Å²) in [6.45, 7) is 2.37. The first-order chi connectivity index (χ1) is 12.8. The summed E-state index contributed by atoms with van der Waals surface area (Å²) in [6.07, 6.45) is 2.88. The molecular weight excluding hydrogens is 344 g/mol. The monoisotopic (exact) mass is 360 g/mol. The third kappa shape index (κ3) is 3.19. The van der Waals surface area contributed by atoms with Crippen LogP contribution in [0.1, 0.15) is 23.1 Å². The van der Waals surface area contributed by atoms with Crippen LogP contribution in [0.25, 0.3) is 22.9 Å². The van der Waals surface area contributed by atoms with E-state index >= 15 is 0 Å². The number of aryl methyl sites for hydroxylation is 1. The third-order valence-electron chi connectivity index (χ3n) is 4.22. The van der Waals surface area contributed by atoms with Crippen LogP contribution in [0.5, 0.6) is 11.5 Å². The predicted molar refractivity (Wildman–Crippen MR) is 103 cm³/mol. The van der Waals surface area contributed by atoms with E-state index in [2.05, 4.69) is 30.1 Å². The number of nitriles is 1. The first kappa shape index (κ1) is 16.4. The standard InChI is InChI=1S/C21H16N2O2S/c1-2-14-3-5-15(6-4-14)9-17(11-22)21-23-18(12-26-21)16-7-8-19-20(10-16)25-13-24-19/h3-10,12H,2,13H2,1H3/b17-9+. The summed E-state index contributed by atoms with van der Waals surface area (Å²) in [5, 5.41) is 12.2. The van der Waals surface area contributed by atoms with Gasteiger partial charge >= 0.3 is 0 Å². The van der Waals surface area contributed by atoms with Gasteiger partial charge in [0, 0.05) is 10.9 Å². The van der Waals surface area contributed by atoms with Crippen molar-refractivity contribution in [3.63, 3.8) is 0 Å². The van der Waals surface area contributed by atoms with Gasteiger partial charge in [-0.15, -0.1) is 11.3 Å². The highest BCUT2D eigenvalue weighted by Crippen LogP contribution is 2.36. The lowest BCUT2D eigenvalue weighted by Gasteiger charge is -2.00. The molecule has 1 aliphatic rings. The van der Waals surface area contributed by atoms with E-state index in [1.165, 1.54) is 16.9 Å². The maximum atomic E-state index is 9.56. The molecule has 5 heteroatoms. The van der Waals surface area contributed by atoms with Gasteiger partial charge in [0.2, 0.25) is 6.79 Å². The third-order valence-corrected chi connectivity index (χ3v) is 5.10. The lowest BCUT2D eigenvalue weighted by Crippen LogP contribution is -1.92. The average Bonchev–Trinajstić information content (AvgIpc) is 3.35. The van der Waals surface area contributed by atoms with Crippen LogP contribution in [0, 0.1) is 11.3 Å². The molecule has 0 bridgehead atoms.